The summed E-state index contributed by atoms with van der Waals surface area (Å²) in [7, 11) is 0. The number of nitrogens with one attached hydrogen (secondary N) is 1. The molecule has 0 aromatic carbocycles. The smallest absolute Gasteiger partial charge is 0.220 e. The molecular weight excluding hydrogens is 238 g/mol. The minimum Gasteiger partial charge on any atom is -0.352 e. The van der Waals surface area contributed by atoms with Crippen LogP contribution in [0.25, 0.3) is 0 Å². The van der Waals surface area contributed by atoms with Gasteiger partial charge in [0.15, 0.2) is 0 Å². The summed E-state index contributed by atoms with van der Waals surface area (Å²) >= 11 is 0. The Labute approximate surface area is 112 Å². The minimum atomic E-state index is 0.0419. The molecule has 1 N–H and O–H groups in total. The molecule has 0 spiro atoms. The van der Waals surface area contributed by atoms with Crippen LogP contribution in [-0.2, 0) is 11.3 Å². The quantitative estimate of drug-likeness (QED) is 0.891. The molecule has 2 rings (SSSR count). The second-order valence-electron chi connectivity index (χ2n) is 4.53. The van der Waals surface area contributed by atoms with E-state index >= 15 is 0 Å². The van der Waals surface area contributed by atoms with Crippen molar-refractivity contribution in [2.24, 2.45) is 0 Å². The molecule has 98 valence electrons. The monoisotopic (exact) mass is 255 g/mol. The van der Waals surface area contributed by atoms with Crippen LogP contribution >= 0.6 is 0 Å². The fourth-order valence-electron chi connectivity index (χ4n) is 1.84. The van der Waals surface area contributed by atoms with Crippen LogP contribution in [0.4, 0.5) is 0 Å². The van der Waals surface area contributed by atoms with Crippen LogP contribution < -0.4 is 5.32 Å². The van der Waals surface area contributed by atoms with Crippen molar-refractivity contribution in [3.05, 3.63) is 60.2 Å². The molecule has 0 aliphatic rings. The second-order valence-corrected chi connectivity index (χ2v) is 4.53. The Morgan fingerprint density at radius 1 is 1.21 bits per heavy atom. The number of hydrogen-bond donors (Lipinski definition) is 1. The summed E-state index contributed by atoms with van der Waals surface area (Å²) in [6, 6.07) is 7.68. The maximum atomic E-state index is 11.8. The molecule has 0 radical (unpaired) electrons. The normalized spacial score (nSPS) is 11.8. The molecule has 2 heterocycles. The Balaban J connectivity index is 1.82. The van der Waals surface area contributed by atoms with Gasteiger partial charge >= 0.3 is 0 Å². The van der Waals surface area contributed by atoms with E-state index in [4.69, 9.17) is 0 Å². The van der Waals surface area contributed by atoms with E-state index in [2.05, 4.69) is 15.3 Å². The standard InChI is InChI=1S/C15H17N3O/c1-12(14-5-3-7-17-11-14)8-15(19)18-10-13-4-2-6-16-9-13/h2-7,9,11-12H,8,10H2,1H3,(H,18,19). The van der Waals surface area contributed by atoms with Crippen molar-refractivity contribution in [1.82, 2.24) is 15.3 Å². The first-order valence-electron chi connectivity index (χ1n) is 6.31. The average molecular weight is 255 g/mol. The van der Waals surface area contributed by atoms with Gasteiger partial charge in [-0.2, -0.15) is 0 Å². The highest BCUT2D eigenvalue weighted by atomic mass is 16.1. The zero-order valence-corrected chi connectivity index (χ0v) is 10.9. The Hall–Kier alpha value is -2.23. The molecule has 1 atom stereocenters. The van der Waals surface area contributed by atoms with Crippen molar-refractivity contribution in [2.45, 2.75) is 25.8 Å². The van der Waals surface area contributed by atoms with Crippen LogP contribution in [0.2, 0.25) is 0 Å². The Bertz CT molecular complexity index is 513. The maximum Gasteiger partial charge on any atom is 0.220 e. The molecule has 0 aliphatic heterocycles. The first kappa shape index (κ1) is 13.2. The molecule has 4 nitrogen and oxygen atoms in total. The lowest BCUT2D eigenvalue weighted by molar-refractivity contribution is -0.121. The van der Waals surface area contributed by atoms with Gasteiger partial charge in [0, 0.05) is 37.8 Å². The summed E-state index contributed by atoms with van der Waals surface area (Å²) in [6.45, 7) is 2.55. The molecule has 0 fully saturated rings. The number of carbonyl (C=O) groups excluding carboxylic acids is 1. The fourth-order valence-corrected chi connectivity index (χ4v) is 1.84. The van der Waals surface area contributed by atoms with Gasteiger partial charge in [-0.15, -0.1) is 0 Å². The van der Waals surface area contributed by atoms with Gasteiger partial charge < -0.3 is 5.32 Å². The van der Waals surface area contributed by atoms with Gasteiger partial charge in [-0.3, -0.25) is 14.8 Å². The predicted octanol–water partition coefficient (Wildman–Crippen LogP) is 2.29. The number of rotatable bonds is 5. The van der Waals surface area contributed by atoms with Crippen molar-refractivity contribution in [3.63, 3.8) is 0 Å². The topological polar surface area (TPSA) is 54.9 Å². The second kappa shape index (κ2) is 6.64. The van der Waals surface area contributed by atoms with E-state index in [0.717, 1.165) is 11.1 Å². The summed E-state index contributed by atoms with van der Waals surface area (Å²) in [4.78, 5) is 19.9. The van der Waals surface area contributed by atoms with Crippen molar-refractivity contribution >= 4 is 5.91 Å². The fraction of sp³-hybridized carbons (Fsp3) is 0.267. The summed E-state index contributed by atoms with van der Waals surface area (Å²) in [6.07, 6.45) is 7.48. The lowest BCUT2D eigenvalue weighted by atomic mass is 9.99. The average Bonchev–Trinajstić information content (AvgIpc) is 2.47. The van der Waals surface area contributed by atoms with Gasteiger partial charge in [0.05, 0.1) is 0 Å². The Morgan fingerprint density at radius 2 is 1.95 bits per heavy atom. The molecule has 4 heteroatoms. The first-order chi connectivity index (χ1) is 9.25. The Morgan fingerprint density at radius 3 is 2.58 bits per heavy atom. The molecule has 19 heavy (non-hydrogen) atoms. The van der Waals surface area contributed by atoms with E-state index in [1.165, 1.54) is 0 Å². The van der Waals surface area contributed by atoms with Gasteiger partial charge in [0.2, 0.25) is 5.91 Å². The molecule has 0 bridgehead atoms. The van der Waals surface area contributed by atoms with Crippen LogP contribution in [0.1, 0.15) is 30.4 Å². The SMILES string of the molecule is CC(CC(=O)NCc1cccnc1)c1cccnc1. The number of hydrogen-bond acceptors (Lipinski definition) is 3. The van der Waals surface area contributed by atoms with Crippen LogP contribution in [0.15, 0.2) is 49.1 Å². The van der Waals surface area contributed by atoms with E-state index in [9.17, 15) is 4.79 Å². The zero-order chi connectivity index (χ0) is 13.5. The predicted molar refractivity (Wildman–Crippen MR) is 73.4 cm³/mol. The van der Waals surface area contributed by atoms with Gasteiger partial charge in [-0.05, 0) is 29.2 Å². The van der Waals surface area contributed by atoms with E-state index in [-0.39, 0.29) is 11.8 Å². The van der Waals surface area contributed by atoms with Crippen LogP contribution in [0.3, 0.4) is 0 Å². The molecule has 2 aromatic heterocycles. The lowest BCUT2D eigenvalue weighted by Crippen LogP contribution is -2.24. The van der Waals surface area contributed by atoms with E-state index in [1.54, 1.807) is 24.8 Å². The third-order valence-corrected chi connectivity index (χ3v) is 2.96. The molecular formula is C15H17N3O. The summed E-state index contributed by atoms with van der Waals surface area (Å²) in [5.41, 5.74) is 2.09. The highest BCUT2D eigenvalue weighted by Gasteiger charge is 2.10. The van der Waals surface area contributed by atoms with Gasteiger partial charge in [0.25, 0.3) is 0 Å². The van der Waals surface area contributed by atoms with E-state index in [1.807, 2.05) is 31.2 Å². The number of pyridine rings is 2. The molecule has 1 amide bonds. The first-order valence-corrected chi connectivity index (χ1v) is 6.31. The third-order valence-electron chi connectivity index (χ3n) is 2.96. The zero-order valence-electron chi connectivity index (χ0n) is 10.9. The Kier molecular flexibility index (Phi) is 4.61. The maximum absolute atomic E-state index is 11.8. The molecule has 0 saturated carbocycles. The largest absolute Gasteiger partial charge is 0.352 e. The summed E-state index contributed by atoms with van der Waals surface area (Å²) in [5, 5.41) is 2.90. The van der Waals surface area contributed by atoms with Crippen molar-refractivity contribution in [1.29, 1.82) is 0 Å². The molecule has 1 unspecified atom stereocenters. The molecule has 0 aliphatic carbocycles. The van der Waals surface area contributed by atoms with Crippen LogP contribution in [0.5, 0.6) is 0 Å². The van der Waals surface area contributed by atoms with Crippen LogP contribution in [0, 0.1) is 0 Å². The van der Waals surface area contributed by atoms with Crippen molar-refractivity contribution < 1.29 is 4.79 Å². The van der Waals surface area contributed by atoms with Gasteiger partial charge in [0.1, 0.15) is 0 Å². The number of carbonyl (C=O) groups is 1. The van der Waals surface area contributed by atoms with Gasteiger partial charge in [-0.25, -0.2) is 0 Å². The van der Waals surface area contributed by atoms with Gasteiger partial charge in [-0.1, -0.05) is 19.1 Å². The van der Waals surface area contributed by atoms with Crippen molar-refractivity contribution in [2.75, 3.05) is 0 Å². The number of aromatic nitrogens is 2. The van der Waals surface area contributed by atoms with Crippen LogP contribution in [-0.4, -0.2) is 15.9 Å². The third kappa shape index (κ3) is 4.17. The lowest BCUT2D eigenvalue weighted by Gasteiger charge is -2.11. The highest BCUT2D eigenvalue weighted by molar-refractivity contribution is 5.76. The van der Waals surface area contributed by atoms with Crippen molar-refractivity contribution in [3.8, 4) is 0 Å². The molecule has 0 saturated heterocycles. The summed E-state index contributed by atoms with van der Waals surface area (Å²) in [5.74, 6) is 0.211. The summed E-state index contributed by atoms with van der Waals surface area (Å²) < 4.78 is 0. The van der Waals surface area contributed by atoms with E-state index < -0.39 is 0 Å². The minimum absolute atomic E-state index is 0.0419. The van der Waals surface area contributed by atoms with E-state index in [0.29, 0.717) is 13.0 Å². The number of amides is 1. The number of nitrogens with zero attached hydrogens (tertiary/aromatic N) is 2. The molecule has 2 aromatic rings. The highest BCUT2D eigenvalue weighted by Crippen LogP contribution is 2.17.